The molecule has 0 saturated heterocycles. The molecule has 138 valence electrons. The van der Waals surface area contributed by atoms with Crippen molar-refractivity contribution in [2.45, 2.75) is 24.8 Å². The Hall–Kier alpha value is -2.46. The summed E-state index contributed by atoms with van der Waals surface area (Å²) in [6.07, 6.45) is 0. The van der Waals surface area contributed by atoms with E-state index in [1.807, 2.05) is 5.32 Å². The van der Waals surface area contributed by atoms with Crippen molar-refractivity contribution in [2.24, 2.45) is 5.92 Å². The second-order valence-electron chi connectivity index (χ2n) is 5.39. The highest BCUT2D eigenvalue weighted by molar-refractivity contribution is 7.89. The van der Waals surface area contributed by atoms with Crippen LogP contribution in [-0.2, 0) is 24.3 Å². The predicted molar refractivity (Wildman–Crippen MR) is 88.9 cm³/mol. The molecule has 0 radical (unpaired) electrons. The van der Waals surface area contributed by atoms with Crippen LogP contribution in [-0.4, -0.2) is 46.0 Å². The zero-order chi connectivity index (χ0) is 19.0. The molecular weight excluding hydrogens is 350 g/mol. The largest absolute Gasteiger partial charge is 0.454 e. The van der Waals surface area contributed by atoms with E-state index in [-0.39, 0.29) is 4.90 Å². The third-order valence-electron chi connectivity index (χ3n) is 3.08. The van der Waals surface area contributed by atoms with Crippen LogP contribution in [0.15, 0.2) is 35.2 Å². The standard InChI is InChI=1S/C15H21N3O6S/c1-10(2)13(14(20)24-9-12(19)17-15(21)16-3)18-25(22,23)11-7-5-4-6-8-11/h4-8,10,13,18H,9H2,1-3H3,(H2,16,17,19,21)/t13-/m1/s1. The number of rotatable bonds is 7. The molecule has 0 fully saturated rings. The number of hydrogen-bond acceptors (Lipinski definition) is 6. The highest BCUT2D eigenvalue weighted by Gasteiger charge is 2.30. The van der Waals surface area contributed by atoms with E-state index in [4.69, 9.17) is 4.74 Å². The zero-order valence-electron chi connectivity index (χ0n) is 14.1. The first kappa shape index (κ1) is 20.6. The first-order valence-electron chi connectivity index (χ1n) is 7.43. The molecule has 0 aliphatic rings. The van der Waals surface area contributed by atoms with Gasteiger partial charge < -0.3 is 10.1 Å². The quantitative estimate of drug-likeness (QED) is 0.578. The Balaban J connectivity index is 2.75. The zero-order valence-corrected chi connectivity index (χ0v) is 14.9. The molecule has 1 rings (SSSR count). The minimum Gasteiger partial charge on any atom is -0.454 e. The van der Waals surface area contributed by atoms with Crippen LogP contribution in [0.25, 0.3) is 0 Å². The van der Waals surface area contributed by atoms with E-state index < -0.39 is 46.5 Å². The lowest BCUT2D eigenvalue weighted by molar-refractivity contribution is -0.150. The molecule has 1 aromatic rings. The van der Waals surface area contributed by atoms with Gasteiger partial charge in [-0.15, -0.1) is 0 Å². The fraction of sp³-hybridized carbons (Fsp3) is 0.400. The maximum Gasteiger partial charge on any atom is 0.324 e. The highest BCUT2D eigenvalue weighted by Crippen LogP contribution is 2.12. The molecule has 0 heterocycles. The fourth-order valence-corrected chi connectivity index (χ4v) is 3.10. The number of carbonyl (C=O) groups excluding carboxylic acids is 3. The van der Waals surface area contributed by atoms with Crippen LogP contribution in [0.1, 0.15) is 13.8 Å². The molecule has 0 aromatic heterocycles. The van der Waals surface area contributed by atoms with Gasteiger partial charge in [0.15, 0.2) is 6.61 Å². The fourth-order valence-electron chi connectivity index (χ4n) is 1.74. The van der Waals surface area contributed by atoms with Gasteiger partial charge >= 0.3 is 12.0 Å². The van der Waals surface area contributed by atoms with Crippen molar-refractivity contribution in [2.75, 3.05) is 13.7 Å². The van der Waals surface area contributed by atoms with Crippen LogP contribution < -0.4 is 15.4 Å². The van der Waals surface area contributed by atoms with Gasteiger partial charge in [0.1, 0.15) is 6.04 Å². The van der Waals surface area contributed by atoms with Gasteiger partial charge in [-0.1, -0.05) is 32.0 Å². The number of sulfonamides is 1. The summed E-state index contributed by atoms with van der Waals surface area (Å²) < 4.78 is 31.7. The van der Waals surface area contributed by atoms with E-state index in [1.165, 1.54) is 19.2 Å². The van der Waals surface area contributed by atoms with E-state index in [9.17, 15) is 22.8 Å². The van der Waals surface area contributed by atoms with Crippen molar-refractivity contribution in [1.82, 2.24) is 15.4 Å². The molecular formula is C15H21N3O6S. The van der Waals surface area contributed by atoms with Crippen LogP contribution in [0.4, 0.5) is 4.79 Å². The number of imide groups is 1. The highest BCUT2D eigenvalue weighted by atomic mass is 32.2. The average molecular weight is 371 g/mol. The summed E-state index contributed by atoms with van der Waals surface area (Å²) >= 11 is 0. The number of ether oxygens (including phenoxy) is 1. The molecule has 3 N–H and O–H groups in total. The number of hydrogen-bond donors (Lipinski definition) is 3. The summed E-state index contributed by atoms with van der Waals surface area (Å²) in [5, 5.41) is 4.09. The molecule has 0 aliphatic carbocycles. The van der Waals surface area contributed by atoms with Crippen LogP contribution in [0.2, 0.25) is 0 Å². The molecule has 3 amide bonds. The van der Waals surface area contributed by atoms with Crippen molar-refractivity contribution < 1.29 is 27.5 Å². The number of nitrogens with one attached hydrogen (secondary N) is 3. The Morgan fingerprint density at radius 3 is 2.24 bits per heavy atom. The number of esters is 1. The summed E-state index contributed by atoms with van der Waals surface area (Å²) in [5.74, 6) is -2.17. The first-order valence-corrected chi connectivity index (χ1v) is 8.91. The molecule has 10 heteroatoms. The SMILES string of the molecule is CNC(=O)NC(=O)COC(=O)[C@H](NS(=O)(=O)c1ccccc1)C(C)C. The van der Waals surface area contributed by atoms with Crippen molar-refractivity contribution in [3.8, 4) is 0 Å². The van der Waals surface area contributed by atoms with Gasteiger partial charge in [0.25, 0.3) is 5.91 Å². The Morgan fingerprint density at radius 2 is 1.72 bits per heavy atom. The lowest BCUT2D eigenvalue weighted by Crippen LogP contribution is -2.46. The van der Waals surface area contributed by atoms with Gasteiger partial charge in [-0.25, -0.2) is 13.2 Å². The summed E-state index contributed by atoms with van der Waals surface area (Å²) in [7, 11) is -2.61. The predicted octanol–water partition coefficient (Wildman–Crippen LogP) is -0.0117. The van der Waals surface area contributed by atoms with E-state index in [0.717, 1.165) is 0 Å². The third-order valence-corrected chi connectivity index (χ3v) is 4.54. The number of amides is 3. The lowest BCUT2D eigenvalue weighted by atomic mass is 10.1. The maximum atomic E-state index is 12.3. The van der Waals surface area contributed by atoms with Crippen LogP contribution in [0.5, 0.6) is 0 Å². The molecule has 1 atom stereocenters. The summed E-state index contributed by atoms with van der Waals surface area (Å²) in [6.45, 7) is 2.55. The molecule has 0 spiro atoms. The van der Waals surface area contributed by atoms with Crippen molar-refractivity contribution in [3.05, 3.63) is 30.3 Å². The van der Waals surface area contributed by atoms with Gasteiger partial charge in [0.05, 0.1) is 4.90 Å². The van der Waals surface area contributed by atoms with E-state index >= 15 is 0 Å². The second kappa shape index (κ2) is 9.14. The van der Waals surface area contributed by atoms with Gasteiger partial charge in [0, 0.05) is 7.05 Å². The van der Waals surface area contributed by atoms with Crippen molar-refractivity contribution in [3.63, 3.8) is 0 Å². The Kier molecular flexibility index (Phi) is 7.52. The molecule has 0 saturated carbocycles. The molecule has 0 bridgehead atoms. The molecule has 1 aromatic carbocycles. The summed E-state index contributed by atoms with van der Waals surface area (Å²) in [6, 6.07) is 5.63. The molecule has 9 nitrogen and oxygen atoms in total. The Morgan fingerprint density at radius 1 is 1.12 bits per heavy atom. The normalized spacial score (nSPS) is 12.3. The Labute approximate surface area is 146 Å². The lowest BCUT2D eigenvalue weighted by Gasteiger charge is -2.20. The van der Waals surface area contributed by atoms with Gasteiger partial charge in [-0.05, 0) is 18.1 Å². The maximum absolute atomic E-state index is 12.3. The Bertz CT molecular complexity index is 718. The smallest absolute Gasteiger partial charge is 0.324 e. The average Bonchev–Trinajstić information content (AvgIpc) is 2.58. The van der Waals surface area contributed by atoms with Crippen molar-refractivity contribution >= 4 is 27.9 Å². The van der Waals surface area contributed by atoms with Crippen molar-refractivity contribution in [1.29, 1.82) is 0 Å². The third kappa shape index (κ3) is 6.51. The minimum absolute atomic E-state index is 0.00538. The second-order valence-corrected chi connectivity index (χ2v) is 7.11. The summed E-state index contributed by atoms with van der Waals surface area (Å²) in [4.78, 5) is 34.5. The van der Waals surface area contributed by atoms with Crippen LogP contribution >= 0.6 is 0 Å². The number of urea groups is 1. The topological polar surface area (TPSA) is 131 Å². The summed E-state index contributed by atoms with van der Waals surface area (Å²) in [5.41, 5.74) is 0. The molecule has 25 heavy (non-hydrogen) atoms. The van der Waals surface area contributed by atoms with Gasteiger partial charge in [-0.2, -0.15) is 4.72 Å². The van der Waals surface area contributed by atoms with E-state index in [2.05, 4.69) is 10.0 Å². The van der Waals surface area contributed by atoms with E-state index in [0.29, 0.717) is 0 Å². The first-order chi connectivity index (χ1) is 11.7. The van der Waals surface area contributed by atoms with Gasteiger partial charge in [0.2, 0.25) is 10.0 Å². The van der Waals surface area contributed by atoms with Gasteiger partial charge in [-0.3, -0.25) is 14.9 Å². The van der Waals surface area contributed by atoms with Crippen LogP contribution in [0.3, 0.4) is 0 Å². The number of carbonyl (C=O) groups is 3. The molecule has 0 aliphatic heterocycles. The molecule has 0 unspecified atom stereocenters. The monoisotopic (exact) mass is 371 g/mol. The van der Waals surface area contributed by atoms with Crippen LogP contribution in [0, 0.1) is 5.92 Å². The van der Waals surface area contributed by atoms with E-state index in [1.54, 1.807) is 32.0 Å². The number of benzene rings is 1. The minimum atomic E-state index is -3.93.